The van der Waals surface area contributed by atoms with Crippen LogP contribution in [0.5, 0.6) is 0 Å². The van der Waals surface area contributed by atoms with Crippen molar-refractivity contribution in [3.8, 4) is 0 Å². The molecule has 0 aromatic carbocycles. The second-order valence-electron chi connectivity index (χ2n) is 3.40. The summed E-state index contributed by atoms with van der Waals surface area (Å²) in [5, 5.41) is 8.09. The van der Waals surface area contributed by atoms with Crippen molar-refractivity contribution in [1.29, 1.82) is 5.41 Å². The first-order valence-electron chi connectivity index (χ1n) is 4.85. The summed E-state index contributed by atoms with van der Waals surface area (Å²) in [6.07, 6.45) is 0.816. The van der Waals surface area contributed by atoms with Crippen LogP contribution in [0, 0.1) is 19.3 Å². The maximum Gasteiger partial charge on any atom is 0.188 e. The number of rotatable bonds is 4. The molecule has 0 aliphatic carbocycles. The van der Waals surface area contributed by atoms with Gasteiger partial charge in [0.05, 0.1) is 5.25 Å². The number of amidine groups is 1. The lowest BCUT2D eigenvalue weighted by atomic mass is 10.3. The van der Waals surface area contributed by atoms with Gasteiger partial charge in [0, 0.05) is 11.4 Å². The maximum atomic E-state index is 7.41. The highest BCUT2D eigenvalue weighted by Gasteiger charge is 2.13. The van der Waals surface area contributed by atoms with E-state index < -0.39 is 0 Å². The quantitative estimate of drug-likeness (QED) is 0.354. The Balaban J connectivity index is 2.83. The summed E-state index contributed by atoms with van der Waals surface area (Å²) in [7, 11) is 0. The van der Waals surface area contributed by atoms with Crippen molar-refractivity contribution in [2.75, 3.05) is 0 Å². The van der Waals surface area contributed by atoms with Crippen molar-refractivity contribution in [3.05, 3.63) is 17.5 Å². The zero-order valence-corrected chi connectivity index (χ0v) is 10.1. The number of nitrogens with zero attached hydrogens (tertiary/aromatic N) is 2. The van der Waals surface area contributed by atoms with E-state index in [9.17, 15) is 0 Å². The van der Waals surface area contributed by atoms with Gasteiger partial charge in [0.2, 0.25) is 0 Å². The SMILES string of the molecule is CCC(Sc1nc(C)cc(C)n1)C(=N)N. The van der Waals surface area contributed by atoms with E-state index >= 15 is 0 Å². The van der Waals surface area contributed by atoms with Crippen LogP contribution >= 0.6 is 11.8 Å². The number of nitrogens with two attached hydrogens (primary N) is 1. The molecule has 15 heavy (non-hydrogen) atoms. The zero-order chi connectivity index (χ0) is 11.4. The zero-order valence-electron chi connectivity index (χ0n) is 9.24. The number of aromatic nitrogens is 2. The molecule has 1 atom stereocenters. The smallest absolute Gasteiger partial charge is 0.188 e. The Kier molecular flexibility index (Phi) is 4.08. The van der Waals surface area contributed by atoms with Gasteiger partial charge in [-0.05, 0) is 26.3 Å². The first-order valence-corrected chi connectivity index (χ1v) is 5.73. The van der Waals surface area contributed by atoms with E-state index in [-0.39, 0.29) is 11.1 Å². The van der Waals surface area contributed by atoms with Gasteiger partial charge in [-0.1, -0.05) is 18.7 Å². The van der Waals surface area contributed by atoms with Crippen molar-refractivity contribution in [3.63, 3.8) is 0 Å². The number of hydrogen-bond acceptors (Lipinski definition) is 4. The van der Waals surface area contributed by atoms with Crippen molar-refractivity contribution < 1.29 is 0 Å². The topological polar surface area (TPSA) is 75.7 Å². The molecule has 0 aliphatic heterocycles. The van der Waals surface area contributed by atoms with Crippen LogP contribution in [-0.2, 0) is 0 Å². The standard InChI is InChI=1S/C10H16N4S/c1-4-8(9(11)12)15-10-13-6(2)5-7(3)14-10/h5,8H,4H2,1-3H3,(H3,11,12). The molecule has 0 spiro atoms. The molecule has 0 amide bonds. The normalized spacial score (nSPS) is 12.5. The third kappa shape index (κ3) is 3.51. The average molecular weight is 224 g/mol. The third-order valence-corrected chi connectivity index (χ3v) is 3.19. The summed E-state index contributed by atoms with van der Waals surface area (Å²) >= 11 is 1.45. The van der Waals surface area contributed by atoms with Crippen molar-refractivity contribution in [2.24, 2.45) is 5.73 Å². The predicted octanol–water partition coefficient (Wildman–Crippen LogP) is 1.90. The van der Waals surface area contributed by atoms with Crippen LogP contribution in [0.4, 0.5) is 0 Å². The average Bonchev–Trinajstić information content (AvgIpc) is 2.12. The molecule has 1 heterocycles. The Hall–Kier alpha value is -1.10. The minimum absolute atomic E-state index is 0.0220. The molecule has 0 saturated carbocycles. The van der Waals surface area contributed by atoms with Crippen LogP contribution in [0.2, 0.25) is 0 Å². The molecule has 0 saturated heterocycles. The van der Waals surface area contributed by atoms with Gasteiger partial charge in [-0.2, -0.15) is 0 Å². The molecule has 1 rings (SSSR count). The highest BCUT2D eigenvalue weighted by atomic mass is 32.2. The molecule has 0 radical (unpaired) electrons. The summed E-state index contributed by atoms with van der Waals surface area (Å²) in [4.78, 5) is 8.61. The van der Waals surface area contributed by atoms with Crippen molar-refractivity contribution in [2.45, 2.75) is 37.6 Å². The molecule has 0 fully saturated rings. The fourth-order valence-electron chi connectivity index (χ4n) is 1.24. The van der Waals surface area contributed by atoms with Gasteiger partial charge in [-0.25, -0.2) is 9.97 Å². The maximum absolute atomic E-state index is 7.41. The first-order chi connectivity index (χ1) is 7.02. The fourth-order valence-corrected chi connectivity index (χ4v) is 2.18. The number of aryl methyl sites for hydroxylation is 2. The minimum Gasteiger partial charge on any atom is -0.387 e. The minimum atomic E-state index is -0.0220. The van der Waals surface area contributed by atoms with Crippen LogP contribution < -0.4 is 5.73 Å². The van der Waals surface area contributed by atoms with Gasteiger partial charge in [0.25, 0.3) is 0 Å². The fraction of sp³-hybridized carbons (Fsp3) is 0.500. The highest BCUT2D eigenvalue weighted by Crippen LogP contribution is 2.22. The number of hydrogen-bond donors (Lipinski definition) is 2. The Morgan fingerprint density at radius 3 is 2.40 bits per heavy atom. The molecule has 3 N–H and O–H groups in total. The molecular weight excluding hydrogens is 208 g/mol. The van der Waals surface area contributed by atoms with Gasteiger partial charge in [0.15, 0.2) is 5.16 Å². The molecule has 0 aliphatic rings. The van der Waals surface area contributed by atoms with Gasteiger partial charge < -0.3 is 5.73 Å². The summed E-state index contributed by atoms with van der Waals surface area (Å²) in [6, 6.07) is 1.93. The molecule has 82 valence electrons. The Bertz CT molecular complexity index is 344. The van der Waals surface area contributed by atoms with Gasteiger partial charge >= 0.3 is 0 Å². The molecule has 5 heteroatoms. The molecule has 4 nitrogen and oxygen atoms in total. The van der Waals surface area contributed by atoms with Crippen LogP contribution in [-0.4, -0.2) is 21.1 Å². The van der Waals surface area contributed by atoms with Crippen LogP contribution in [0.3, 0.4) is 0 Å². The number of thioether (sulfide) groups is 1. The summed E-state index contributed by atoms with van der Waals surface area (Å²) in [5.74, 6) is 0.185. The van der Waals surface area contributed by atoms with E-state index in [1.165, 1.54) is 11.8 Å². The van der Waals surface area contributed by atoms with E-state index in [1.54, 1.807) is 0 Å². The number of nitrogens with one attached hydrogen (secondary N) is 1. The van der Waals surface area contributed by atoms with E-state index in [2.05, 4.69) is 9.97 Å². The van der Waals surface area contributed by atoms with Crippen LogP contribution in [0.1, 0.15) is 24.7 Å². The monoisotopic (exact) mass is 224 g/mol. The molecule has 1 unspecified atom stereocenters. The van der Waals surface area contributed by atoms with E-state index in [0.29, 0.717) is 5.16 Å². The van der Waals surface area contributed by atoms with Crippen molar-refractivity contribution in [1.82, 2.24) is 9.97 Å². The van der Waals surface area contributed by atoms with Gasteiger partial charge in [-0.15, -0.1) is 0 Å². The predicted molar refractivity (Wildman–Crippen MR) is 63.4 cm³/mol. The van der Waals surface area contributed by atoms with Crippen LogP contribution in [0.15, 0.2) is 11.2 Å². The van der Waals surface area contributed by atoms with E-state index in [4.69, 9.17) is 11.1 Å². The lowest BCUT2D eigenvalue weighted by Gasteiger charge is -2.11. The molecule has 0 bridgehead atoms. The Morgan fingerprint density at radius 2 is 2.00 bits per heavy atom. The second kappa shape index (κ2) is 5.11. The second-order valence-corrected chi connectivity index (χ2v) is 4.57. The van der Waals surface area contributed by atoms with Crippen LogP contribution in [0.25, 0.3) is 0 Å². The first kappa shape index (κ1) is 12.0. The molecular formula is C10H16N4S. The third-order valence-electron chi connectivity index (χ3n) is 1.93. The summed E-state index contributed by atoms with van der Waals surface area (Å²) in [6.45, 7) is 5.88. The largest absolute Gasteiger partial charge is 0.387 e. The van der Waals surface area contributed by atoms with Gasteiger partial charge in [0.1, 0.15) is 5.84 Å². The summed E-state index contributed by atoms with van der Waals surface area (Å²) < 4.78 is 0. The summed E-state index contributed by atoms with van der Waals surface area (Å²) in [5.41, 5.74) is 7.37. The highest BCUT2D eigenvalue weighted by molar-refractivity contribution is 8.00. The van der Waals surface area contributed by atoms with E-state index in [1.807, 2.05) is 26.8 Å². The Morgan fingerprint density at radius 1 is 1.47 bits per heavy atom. The molecule has 1 aromatic heterocycles. The lowest BCUT2D eigenvalue weighted by molar-refractivity contribution is 0.890. The van der Waals surface area contributed by atoms with E-state index in [0.717, 1.165) is 17.8 Å². The van der Waals surface area contributed by atoms with Gasteiger partial charge in [-0.3, -0.25) is 5.41 Å². The molecule has 1 aromatic rings. The lowest BCUT2D eigenvalue weighted by Crippen LogP contribution is -2.24. The van der Waals surface area contributed by atoms with Crippen molar-refractivity contribution >= 4 is 17.6 Å². The Labute approximate surface area is 94.2 Å².